The second kappa shape index (κ2) is 9.91. The normalized spacial score (nSPS) is 14.9. The number of piperidine rings is 1. The van der Waals surface area contributed by atoms with Crippen LogP contribution in [0.5, 0.6) is 5.75 Å². The van der Waals surface area contributed by atoms with Gasteiger partial charge in [-0.25, -0.2) is 9.18 Å². The first kappa shape index (κ1) is 22.1. The monoisotopic (exact) mass is 434 g/mol. The first-order valence-corrected chi connectivity index (χ1v) is 10.0. The zero-order valence-electron chi connectivity index (χ0n) is 16.9. The standard InChI is InChI=1S/C22H24ClFN2O4/c1-29-20-6-4-15(22(28)30-2)11-19(20)25-21(27)14-7-9-26(10-8-14)13-16-3-5-17(23)12-18(16)24/h3-6,11-12,14H,7-10,13H2,1-2H3,(H,25,27). The van der Waals surface area contributed by atoms with Gasteiger partial charge in [0.2, 0.25) is 5.91 Å². The van der Waals surface area contributed by atoms with Gasteiger partial charge in [0, 0.05) is 23.0 Å². The van der Waals surface area contributed by atoms with Crippen molar-refractivity contribution < 1.29 is 23.5 Å². The predicted molar refractivity (Wildman–Crippen MR) is 112 cm³/mol. The van der Waals surface area contributed by atoms with E-state index >= 15 is 0 Å². The Labute approximate surface area is 179 Å². The van der Waals surface area contributed by atoms with Crippen LogP contribution in [-0.2, 0) is 16.1 Å². The lowest BCUT2D eigenvalue weighted by Gasteiger charge is -2.31. The van der Waals surface area contributed by atoms with Crippen molar-refractivity contribution in [3.63, 3.8) is 0 Å². The molecule has 0 radical (unpaired) electrons. The molecule has 160 valence electrons. The zero-order chi connectivity index (χ0) is 21.7. The number of esters is 1. The lowest BCUT2D eigenvalue weighted by atomic mass is 9.95. The Morgan fingerprint density at radius 3 is 2.53 bits per heavy atom. The van der Waals surface area contributed by atoms with Gasteiger partial charge in [-0.1, -0.05) is 17.7 Å². The largest absolute Gasteiger partial charge is 0.495 e. The molecule has 2 aromatic rings. The topological polar surface area (TPSA) is 67.9 Å². The van der Waals surface area contributed by atoms with Crippen LogP contribution < -0.4 is 10.1 Å². The number of carbonyl (C=O) groups excluding carboxylic acids is 2. The molecule has 0 aliphatic carbocycles. The van der Waals surface area contributed by atoms with E-state index in [2.05, 4.69) is 10.2 Å². The fraction of sp³-hybridized carbons (Fsp3) is 0.364. The van der Waals surface area contributed by atoms with Crippen molar-refractivity contribution in [3.8, 4) is 5.75 Å². The molecule has 1 saturated heterocycles. The molecule has 1 fully saturated rings. The van der Waals surface area contributed by atoms with Crippen LogP contribution in [0.15, 0.2) is 36.4 Å². The van der Waals surface area contributed by atoms with E-state index in [1.807, 2.05) is 0 Å². The third kappa shape index (κ3) is 5.29. The van der Waals surface area contributed by atoms with E-state index in [1.54, 1.807) is 30.3 Å². The van der Waals surface area contributed by atoms with Crippen molar-refractivity contribution in [1.29, 1.82) is 0 Å². The average molecular weight is 435 g/mol. The molecule has 30 heavy (non-hydrogen) atoms. The van der Waals surface area contributed by atoms with Gasteiger partial charge in [0.15, 0.2) is 0 Å². The Bertz CT molecular complexity index is 929. The van der Waals surface area contributed by atoms with Gasteiger partial charge in [-0.05, 0) is 56.3 Å². The number of rotatable bonds is 6. The summed E-state index contributed by atoms with van der Waals surface area (Å²) in [5, 5.41) is 3.24. The highest BCUT2D eigenvalue weighted by Crippen LogP contribution is 2.28. The van der Waals surface area contributed by atoms with Crippen molar-refractivity contribution in [3.05, 3.63) is 58.4 Å². The summed E-state index contributed by atoms with van der Waals surface area (Å²) in [5.74, 6) is -0.655. The minimum absolute atomic E-state index is 0.132. The fourth-order valence-corrected chi connectivity index (χ4v) is 3.69. The number of nitrogens with one attached hydrogen (secondary N) is 1. The third-order valence-electron chi connectivity index (χ3n) is 5.25. The molecule has 0 aromatic heterocycles. The van der Waals surface area contributed by atoms with Crippen LogP contribution in [0.1, 0.15) is 28.8 Å². The highest BCUT2D eigenvalue weighted by Gasteiger charge is 2.26. The van der Waals surface area contributed by atoms with E-state index in [0.29, 0.717) is 60.1 Å². The first-order chi connectivity index (χ1) is 14.4. The van der Waals surface area contributed by atoms with Crippen LogP contribution >= 0.6 is 11.6 Å². The maximum Gasteiger partial charge on any atom is 0.337 e. The quantitative estimate of drug-likeness (QED) is 0.692. The summed E-state index contributed by atoms with van der Waals surface area (Å²) >= 11 is 5.80. The van der Waals surface area contributed by atoms with Gasteiger partial charge in [0.25, 0.3) is 0 Å². The van der Waals surface area contributed by atoms with Crippen molar-refractivity contribution in [1.82, 2.24) is 4.90 Å². The maximum absolute atomic E-state index is 14.0. The molecule has 1 amide bonds. The van der Waals surface area contributed by atoms with Crippen LogP contribution in [0, 0.1) is 11.7 Å². The summed E-state index contributed by atoms with van der Waals surface area (Å²) in [6.45, 7) is 1.84. The number of halogens is 2. The van der Waals surface area contributed by atoms with Gasteiger partial charge in [-0.2, -0.15) is 0 Å². The number of hydrogen-bond acceptors (Lipinski definition) is 5. The van der Waals surface area contributed by atoms with E-state index in [9.17, 15) is 14.0 Å². The minimum Gasteiger partial charge on any atom is -0.495 e. The predicted octanol–water partition coefficient (Wildman–Crippen LogP) is 4.13. The molecule has 0 saturated carbocycles. The number of benzene rings is 2. The van der Waals surface area contributed by atoms with Crippen LogP contribution in [0.25, 0.3) is 0 Å². The Morgan fingerprint density at radius 2 is 1.90 bits per heavy atom. The highest BCUT2D eigenvalue weighted by atomic mass is 35.5. The number of hydrogen-bond donors (Lipinski definition) is 1. The molecule has 1 aliphatic heterocycles. The number of amides is 1. The number of methoxy groups -OCH3 is 2. The number of ether oxygens (including phenoxy) is 2. The summed E-state index contributed by atoms with van der Waals surface area (Å²) < 4.78 is 24.0. The van der Waals surface area contributed by atoms with Crippen LogP contribution in [0.2, 0.25) is 5.02 Å². The van der Waals surface area contributed by atoms with Gasteiger partial charge >= 0.3 is 5.97 Å². The van der Waals surface area contributed by atoms with Gasteiger partial charge in [-0.3, -0.25) is 9.69 Å². The van der Waals surface area contributed by atoms with Gasteiger partial charge in [-0.15, -0.1) is 0 Å². The van der Waals surface area contributed by atoms with Gasteiger partial charge in [0.1, 0.15) is 11.6 Å². The summed E-state index contributed by atoms with van der Waals surface area (Å²) in [5.41, 5.74) is 1.34. The highest BCUT2D eigenvalue weighted by molar-refractivity contribution is 6.30. The third-order valence-corrected chi connectivity index (χ3v) is 5.48. The molecule has 2 aromatic carbocycles. The molecule has 0 spiro atoms. The summed E-state index contributed by atoms with van der Waals surface area (Å²) in [6, 6.07) is 9.42. The Balaban J connectivity index is 1.59. The van der Waals surface area contributed by atoms with Crippen molar-refractivity contribution in [2.24, 2.45) is 5.92 Å². The first-order valence-electron chi connectivity index (χ1n) is 9.64. The molecule has 0 bridgehead atoms. The van der Waals surface area contributed by atoms with E-state index in [0.717, 1.165) is 0 Å². The summed E-state index contributed by atoms with van der Waals surface area (Å²) in [7, 11) is 2.80. The number of carbonyl (C=O) groups is 2. The van der Waals surface area contributed by atoms with Crippen LogP contribution in [-0.4, -0.2) is 44.1 Å². The molecule has 0 unspecified atom stereocenters. The Hall–Kier alpha value is -2.64. The Morgan fingerprint density at radius 1 is 1.17 bits per heavy atom. The van der Waals surface area contributed by atoms with Crippen LogP contribution in [0.3, 0.4) is 0 Å². The lowest BCUT2D eigenvalue weighted by Crippen LogP contribution is -2.38. The van der Waals surface area contributed by atoms with E-state index in [1.165, 1.54) is 20.3 Å². The van der Waals surface area contributed by atoms with Crippen molar-refractivity contribution in [2.75, 3.05) is 32.6 Å². The fourth-order valence-electron chi connectivity index (χ4n) is 3.53. The number of likely N-dealkylation sites (tertiary alicyclic amines) is 1. The summed E-state index contributed by atoms with van der Waals surface area (Å²) in [6.07, 6.45) is 1.31. The van der Waals surface area contributed by atoms with E-state index in [4.69, 9.17) is 21.1 Å². The van der Waals surface area contributed by atoms with Gasteiger partial charge < -0.3 is 14.8 Å². The average Bonchev–Trinajstić information content (AvgIpc) is 2.75. The number of anilines is 1. The summed E-state index contributed by atoms with van der Waals surface area (Å²) in [4.78, 5) is 26.7. The van der Waals surface area contributed by atoms with Crippen molar-refractivity contribution >= 4 is 29.2 Å². The molecule has 1 heterocycles. The Kier molecular flexibility index (Phi) is 7.29. The van der Waals surface area contributed by atoms with E-state index < -0.39 is 5.97 Å². The zero-order valence-corrected chi connectivity index (χ0v) is 17.7. The maximum atomic E-state index is 14.0. The molecule has 0 atom stereocenters. The van der Waals surface area contributed by atoms with Gasteiger partial charge in [0.05, 0.1) is 25.5 Å². The van der Waals surface area contributed by atoms with Crippen LogP contribution in [0.4, 0.5) is 10.1 Å². The second-order valence-electron chi connectivity index (χ2n) is 7.18. The molecule has 8 heteroatoms. The second-order valence-corrected chi connectivity index (χ2v) is 7.62. The number of nitrogens with zero attached hydrogens (tertiary/aromatic N) is 1. The molecule has 6 nitrogen and oxygen atoms in total. The smallest absolute Gasteiger partial charge is 0.337 e. The molecular formula is C22H24ClFN2O4. The molecular weight excluding hydrogens is 411 g/mol. The molecule has 3 rings (SSSR count). The lowest BCUT2D eigenvalue weighted by molar-refractivity contribution is -0.121. The minimum atomic E-state index is -0.490. The van der Waals surface area contributed by atoms with Crippen molar-refractivity contribution in [2.45, 2.75) is 19.4 Å². The molecule has 1 aliphatic rings. The molecule has 1 N–H and O–H groups in total. The van der Waals surface area contributed by atoms with E-state index in [-0.39, 0.29) is 17.6 Å². The SMILES string of the molecule is COC(=O)c1ccc(OC)c(NC(=O)C2CCN(Cc3ccc(Cl)cc3F)CC2)c1.